The zero-order chi connectivity index (χ0) is 13.9. The second-order valence-electron chi connectivity index (χ2n) is 4.08. The van der Waals surface area contributed by atoms with Crippen LogP contribution in [0.5, 0.6) is 0 Å². The molecule has 104 valence electrons. The summed E-state index contributed by atoms with van der Waals surface area (Å²) >= 11 is 1.39. The fraction of sp³-hybridized carbons (Fsp3) is 0.182. The number of benzene rings is 1. The highest BCUT2D eigenvalue weighted by molar-refractivity contribution is 7.18. The first kappa shape index (κ1) is 12.9. The highest BCUT2D eigenvalue weighted by Gasteiger charge is 2.11. The summed E-state index contributed by atoms with van der Waals surface area (Å²) in [6.45, 7) is 1.58. The van der Waals surface area contributed by atoms with Gasteiger partial charge in [0.25, 0.3) is 0 Å². The number of nitrogens with zero attached hydrogens (tertiary/aromatic N) is 3. The number of hydrogen-bond donors (Lipinski definition) is 4. The van der Waals surface area contributed by atoms with Crippen molar-refractivity contribution in [2.24, 2.45) is 4.99 Å². The number of nitrogens with one attached hydrogen (secondary N) is 3. The second-order valence-corrected chi connectivity index (χ2v) is 5.05. The van der Waals surface area contributed by atoms with E-state index in [1.807, 2.05) is 0 Å². The van der Waals surface area contributed by atoms with Crippen molar-refractivity contribution in [3.63, 3.8) is 0 Å². The fourth-order valence-electron chi connectivity index (χ4n) is 1.73. The summed E-state index contributed by atoms with van der Waals surface area (Å²) in [5, 5.41) is 34.3. The molecule has 0 amide bonds. The number of hydrogen-bond acceptors (Lipinski definition) is 8. The molecular weight excluding hydrogens is 280 g/mol. The lowest BCUT2D eigenvalue weighted by Crippen LogP contribution is -2.99. The van der Waals surface area contributed by atoms with Gasteiger partial charge in [-0.2, -0.15) is 5.23 Å². The number of anilines is 1. The topological polar surface area (TPSA) is 110 Å². The van der Waals surface area contributed by atoms with Gasteiger partial charge in [0.1, 0.15) is 5.01 Å². The van der Waals surface area contributed by atoms with Crippen LogP contribution in [0.3, 0.4) is 0 Å². The average molecular weight is 292 g/mol. The molecule has 0 saturated carbocycles. The van der Waals surface area contributed by atoms with E-state index in [2.05, 4.69) is 25.8 Å². The molecule has 0 saturated heterocycles. The van der Waals surface area contributed by atoms with Crippen LogP contribution in [0.1, 0.15) is 0 Å². The van der Waals surface area contributed by atoms with Crippen LogP contribution >= 0.6 is 11.3 Å². The number of aromatic nitrogens is 2. The molecule has 0 fully saturated rings. The van der Waals surface area contributed by atoms with Crippen LogP contribution in [0.4, 0.5) is 10.8 Å². The monoisotopic (exact) mass is 292 g/mol. The predicted molar refractivity (Wildman–Crippen MR) is 75.0 cm³/mol. The van der Waals surface area contributed by atoms with E-state index in [-0.39, 0.29) is 5.69 Å². The summed E-state index contributed by atoms with van der Waals surface area (Å²) in [5.41, 5.74) is 1.09. The molecule has 8 nitrogen and oxygen atoms in total. The predicted octanol–water partition coefficient (Wildman–Crippen LogP) is -0.0204. The Kier molecular flexibility index (Phi) is 3.56. The van der Waals surface area contributed by atoms with Crippen molar-refractivity contribution < 1.29 is 10.4 Å². The number of guanidine groups is 1. The maximum atomic E-state index is 10.8. The first-order chi connectivity index (χ1) is 9.72. The summed E-state index contributed by atoms with van der Waals surface area (Å²) in [4.78, 5) is 4.21. The molecule has 1 aliphatic heterocycles. The van der Waals surface area contributed by atoms with Crippen LogP contribution < -0.4 is 15.9 Å². The molecule has 0 spiro atoms. The molecule has 4 N–H and O–H groups in total. The Hall–Kier alpha value is -2.07. The van der Waals surface area contributed by atoms with Gasteiger partial charge in [0.2, 0.25) is 5.13 Å². The first-order valence-electron chi connectivity index (χ1n) is 5.95. The third kappa shape index (κ3) is 2.75. The summed E-state index contributed by atoms with van der Waals surface area (Å²) in [6, 6.07) is 6.54. The Bertz CT molecular complexity index is 624. The maximum Gasteiger partial charge on any atom is 0.212 e. The van der Waals surface area contributed by atoms with Gasteiger partial charge in [0.15, 0.2) is 11.6 Å². The highest BCUT2D eigenvalue weighted by atomic mass is 32.1. The fourth-order valence-corrected chi connectivity index (χ4v) is 2.48. The van der Waals surface area contributed by atoms with Crippen molar-refractivity contribution in [3.05, 3.63) is 29.5 Å². The van der Waals surface area contributed by atoms with Crippen molar-refractivity contribution in [2.75, 3.05) is 18.4 Å². The Morgan fingerprint density at radius 2 is 2.10 bits per heavy atom. The lowest BCUT2D eigenvalue weighted by atomic mass is 10.2. The van der Waals surface area contributed by atoms with Crippen molar-refractivity contribution in [2.45, 2.75) is 0 Å². The SMILES string of the molecule is [O-][NH+](O)c1ccc(-c2nnc(NC3=NCCN3)s2)cc1. The lowest BCUT2D eigenvalue weighted by Gasteiger charge is -2.10. The van der Waals surface area contributed by atoms with Crippen LogP contribution in [-0.4, -0.2) is 34.5 Å². The van der Waals surface area contributed by atoms with Crippen LogP contribution in [0, 0.1) is 5.21 Å². The third-order valence-electron chi connectivity index (χ3n) is 2.70. The number of aliphatic imine (C=N–C) groups is 1. The standard InChI is InChI=1S/C11H12N6O2S/c18-17(19)8-3-1-7(2-4-8)9-15-16-11(20-9)14-10-12-5-6-13-10/h1-4,17-18H,5-6H2,(H2,12,13,14,16). The Morgan fingerprint density at radius 1 is 1.30 bits per heavy atom. The molecule has 9 heteroatoms. The molecule has 1 unspecified atom stereocenters. The van der Waals surface area contributed by atoms with Crippen molar-refractivity contribution in [1.29, 1.82) is 0 Å². The summed E-state index contributed by atoms with van der Waals surface area (Å²) in [5.74, 6) is 0.703. The van der Waals surface area contributed by atoms with E-state index in [4.69, 9.17) is 5.21 Å². The average Bonchev–Trinajstić information content (AvgIpc) is 3.11. The van der Waals surface area contributed by atoms with Gasteiger partial charge in [-0.3, -0.25) is 4.99 Å². The zero-order valence-corrected chi connectivity index (χ0v) is 11.1. The molecule has 2 heterocycles. The molecular formula is C11H12N6O2S. The summed E-state index contributed by atoms with van der Waals surface area (Å²) in [6.07, 6.45) is 0. The number of rotatable bonds is 3. The highest BCUT2D eigenvalue weighted by Crippen LogP contribution is 2.26. The van der Waals surface area contributed by atoms with Crippen molar-refractivity contribution in [3.8, 4) is 10.6 Å². The van der Waals surface area contributed by atoms with Gasteiger partial charge in [0.05, 0.1) is 6.54 Å². The molecule has 2 aromatic rings. The van der Waals surface area contributed by atoms with E-state index >= 15 is 0 Å². The number of quaternary nitrogens is 1. The summed E-state index contributed by atoms with van der Waals surface area (Å²) < 4.78 is 0. The lowest BCUT2D eigenvalue weighted by molar-refractivity contribution is -0.991. The maximum absolute atomic E-state index is 10.8. The van der Waals surface area contributed by atoms with E-state index in [1.165, 1.54) is 11.3 Å². The van der Waals surface area contributed by atoms with Gasteiger partial charge in [0, 0.05) is 24.2 Å². The Morgan fingerprint density at radius 3 is 2.75 bits per heavy atom. The molecule has 1 aromatic carbocycles. The molecule has 20 heavy (non-hydrogen) atoms. The normalized spacial score (nSPS) is 15.6. The first-order valence-corrected chi connectivity index (χ1v) is 6.76. The molecule has 0 bridgehead atoms. The van der Waals surface area contributed by atoms with Gasteiger partial charge in [-0.25, -0.2) is 5.21 Å². The molecule has 0 radical (unpaired) electrons. The van der Waals surface area contributed by atoms with E-state index in [9.17, 15) is 5.21 Å². The molecule has 1 aliphatic rings. The van der Waals surface area contributed by atoms with E-state index in [0.29, 0.717) is 11.1 Å². The Balaban J connectivity index is 1.75. The van der Waals surface area contributed by atoms with E-state index < -0.39 is 5.23 Å². The van der Waals surface area contributed by atoms with E-state index in [0.717, 1.165) is 23.7 Å². The van der Waals surface area contributed by atoms with Crippen LogP contribution in [0.25, 0.3) is 10.6 Å². The molecule has 3 rings (SSSR count). The largest absolute Gasteiger partial charge is 0.595 e. The minimum Gasteiger partial charge on any atom is -0.595 e. The quantitative estimate of drug-likeness (QED) is 0.592. The molecule has 1 atom stereocenters. The van der Waals surface area contributed by atoms with Gasteiger partial charge in [-0.15, -0.1) is 10.2 Å². The van der Waals surface area contributed by atoms with Crippen molar-refractivity contribution >= 4 is 28.1 Å². The van der Waals surface area contributed by atoms with Gasteiger partial charge < -0.3 is 15.8 Å². The molecule has 0 aliphatic carbocycles. The van der Waals surface area contributed by atoms with Gasteiger partial charge in [-0.1, -0.05) is 11.3 Å². The van der Waals surface area contributed by atoms with Crippen LogP contribution in [0.2, 0.25) is 0 Å². The Labute approximate surface area is 118 Å². The third-order valence-corrected chi connectivity index (χ3v) is 3.59. The minimum atomic E-state index is -0.943. The second kappa shape index (κ2) is 5.51. The van der Waals surface area contributed by atoms with Crippen LogP contribution in [-0.2, 0) is 0 Å². The smallest absolute Gasteiger partial charge is 0.212 e. The van der Waals surface area contributed by atoms with Crippen molar-refractivity contribution in [1.82, 2.24) is 15.5 Å². The van der Waals surface area contributed by atoms with Gasteiger partial charge >= 0.3 is 0 Å². The summed E-state index contributed by atoms with van der Waals surface area (Å²) in [7, 11) is 0. The molecule has 1 aromatic heterocycles. The van der Waals surface area contributed by atoms with E-state index in [1.54, 1.807) is 24.3 Å². The zero-order valence-electron chi connectivity index (χ0n) is 10.3. The van der Waals surface area contributed by atoms with Crippen LogP contribution in [0.15, 0.2) is 29.3 Å². The minimum absolute atomic E-state index is 0.251. The van der Waals surface area contributed by atoms with Gasteiger partial charge in [-0.05, 0) is 12.1 Å².